The molecule has 1 N–H and O–H groups in total. The van der Waals surface area contributed by atoms with Crippen LogP contribution in [-0.4, -0.2) is 26.3 Å². The average Bonchev–Trinajstić information content (AvgIpc) is 2.38. The van der Waals surface area contributed by atoms with Crippen molar-refractivity contribution in [3.8, 4) is 0 Å². The minimum absolute atomic E-state index is 0.773. The Morgan fingerprint density at radius 2 is 1.94 bits per heavy atom. The smallest absolute Gasteiger partial charge is 0.0462 e. The van der Waals surface area contributed by atoms with Gasteiger partial charge in [-0.3, -0.25) is 0 Å². The maximum Gasteiger partial charge on any atom is 0.0462 e. The van der Waals surface area contributed by atoms with Crippen LogP contribution in [0, 0.1) is 11.8 Å². The van der Waals surface area contributed by atoms with Gasteiger partial charge in [-0.2, -0.15) is 0 Å². The largest absolute Gasteiger partial charge is 0.385 e. The van der Waals surface area contributed by atoms with E-state index in [4.69, 9.17) is 4.74 Å². The van der Waals surface area contributed by atoms with Crippen molar-refractivity contribution >= 4 is 0 Å². The molecule has 108 valence electrons. The molecule has 3 atom stereocenters. The molecule has 0 aromatic rings. The zero-order valence-electron chi connectivity index (χ0n) is 12.7. The van der Waals surface area contributed by atoms with Crippen LogP contribution in [0.1, 0.15) is 65.2 Å². The minimum Gasteiger partial charge on any atom is -0.385 e. The summed E-state index contributed by atoms with van der Waals surface area (Å²) in [6.45, 7) is 6.69. The fourth-order valence-corrected chi connectivity index (χ4v) is 3.44. The van der Waals surface area contributed by atoms with E-state index in [-0.39, 0.29) is 0 Å². The highest BCUT2D eigenvalue weighted by Gasteiger charge is 2.29. The van der Waals surface area contributed by atoms with Crippen LogP contribution >= 0.6 is 0 Å². The quantitative estimate of drug-likeness (QED) is 0.629. The molecule has 0 amide bonds. The van der Waals surface area contributed by atoms with Gasteiger partial charge < -0.3 is 10.1 Å². The van der Waals surface area contributed by atoms with E-state index in [9.17, 15) is 0 Å². The van der Waals surface area contributed by atoms with Gasteiger partial charge in [-0.25, -0.2) is 0 Å². The predicted molar refractivity (Wildman–Crippen MR) is 78.9 cm³/mol. The lowest BCUT2D eigenvalue weighted by molar-refractivity contribution is 0.152. The molecule has 0 radical (unpaired) electrons. The monoisotopic (exact) mass is 255 g/mol. The van der Waals surface area contributed by atoms with Crippen molar-refractivity contribution in [3.05, 3.63) is 0 Å². The second kappa shape index (κ2) is 9.80. The SMILES string of the molecule is CCCNC1CCC(CCC)CC1CCCOC. The molecule has 18 heavy (non-hydrogen) atoms. The van der Waals surface area contributed by atoms with Crippen molar-refractivity contribution in [2.75, 3.05) is 20.3 Å². The molecule has 0 bridgehead atoms. The van der Waals surface area contributed by atoms with Crippen molar-refractivity contribution < 1.29 is 4.74 Å². The van der Waals surface area contributed by atoms with Gasteiger partial charge in [0, 0.05) is 19.8 Å². The molecule has 2 nitrogen and oxygen atoms in total. The van der Waals surface area contributed by atoms with Gasteiger partial charge in [-0.05, 0) is 56.9 Å². The maximum absolute atomic E-state index is 5.20. The third kappa shape index (κ3) is 5.71. The Kier molecular flexibility index (Phi) is 8.70. The Balaban J connectivity index is 2.38. The molecule has 0 aliphatic heterocycles. The van der Waals surface area contributed by atoms with Crippen LogP contribution in [0.4, 0.5) is 0 Å². The zero-order valence-corrected chi connectivity index (χ0v) is 12.7. The molecule has 0 saturated heterocycles. The molecule has 1 aliphatic rings. The molecule has 0 aromatic heterocycles. The van der Waals surface area contributed by atoms with E-state index >= 15 is 0 Å². The number of rotatable bonds is 9. The topological polar surface area (TPSA) is 21.3 Å². The van der Waals surface area contributed by atoms with Crippen LogP contribution in [0.25, 0.3) is 0 Å². The van der Waals surface area contributed by atoms with Gasteiger partial charge >= 0.3 is 0 Å². The summed E-state index contributed by atoms with van der Waals surface area (Å²) in [5, 5.41) is 3.77. The van der Waals surface area contributed by atoms with E-state index in [0.29, 0.717) is 0 Å². The number of hydrogen-bond acceptors (Lipinski definition) is 2. The molecule has 0 spiro atoms. The average molecular weight is 255 g/mol. The van der Waals surface area contributed by atoms with Crippen LogP contribution in [0.5, 0.6) is 0 Å². The Bertz CT molecular complexity index is 196. The maximum atomic E-state index is 5.20. The highest BCUT2D eigenvalue weighted by atomic mass is 16.5. The van der Waals surface area contributed by atoms with Crippen LogP contribution in [0.3, 0.4) is 0 Å². The lowest BCUT2D eigenvalue weighted by Crippen LogP contribution is -2.41. The molecule has 0 aromatic carbocycles. The second-order valence-corrected chi connectivity index (χ2v) is 5.92. The van der Waals surface area contributed by atoms with E-state index in [0.717, 1.165) is 24.5 Å². The molecule has 1 rings (SSSR count). The predicted octanol–water partition coefficient (Wildman–Crippen LogP) is 4.00. The van der Waals surface area contributed by atoms with Crippen LogP contribution < -0.4 is 5.32 Å². The summed E-state index contributed by atoms with van der Waals surface area (Å²) >= 11 is 0. The van der Waals surface area contributed by atoms with Crippen LogP contribution in [-0.2, 0) is 4.74 Å². The van der Waals surface area contributed by atoms with Gasteiger partial charge in [-0.15, -0.1) is 0 Å². The lowest BCUT2D eigenvalue weighted by Gasteiger charge is -2.37. The summed E-state index contributed by atoms with van der Waals surface area (Å²) in [7, 11) is 1.81. The lowest BCUT2D eigenvalue weighted by atomic mass is 9.74. The summed E-state index contributed by atoms with van der Waals surface area (Å²) in [5.74, 6) is 1.87. The Labute approximate surface area is 114 Å². The first kappa shape index (κ1) is 16.0. The van der Waals surface area contributed by atoms with E-state index in [1.165, 1.54) is 57.9 Å². The van der Waals surface area contributed by atoms with E-state index in [2.05, 4.69) is 19.2 Å². The number of ether oxygens (including phenoxy) is 1. The molecule has 1 saturated carbocycles. The molecular formula is C16H33NO. The number of hydrogen-bond donors (Lipinski definition) is 1. The van der Waals surface area contributed by atoms with Crippen molar-refractivity contribution in [1.29, 1.82) is 0 Å². The molecule has 3 unspecified atom stereocenters. The summed E-state index contributed by atoms with van der Waals surface area (Å²) in [4.78, 5) is 0. The van der Waals surface area contributed by atoms with Crippen molar-refractivity contribution in [2.45, 2.75) is 71.3 Å². The number of nitrogens with one attached hydrogen (secondary N) is 1. The second-order valence-electron chi connectivity index (χ2n) is 5.92. The third-order valence-electron chi connectivity index (χ3n) is 4.37. The zero-order chi connectivity index (χ0) is 13.2. The molecule has 2 heteroatoms. The van der Waals surface area contributed by atoms with Gasteiger partial charge in [0.1, 0.15) is 0 Å². The molecule has 0 heterocycles. The molecular weight excluding hydrogens is 222 g/mol. The van der Waals surface area contributed by atoms with E-state index < -0.39 is 0 Å². The summed E-state index contributed by atoms with van der Waals surface area (Å²) in [5.41, 5.74) is 0. The van der Waals surface area contributed by atoms with Crippen LogP contribution in [0.15, 0.2) is 0 Å². The first-order valence-corrected chi connectivity index (χ1v) is 8.04. The normalized spacial score (nSPS) is 28.5. The van der Waals surface area contributed by atoms with Gasteiger partial charge in [-0.1, -0.05) is 26.7 Å². The fraction of sp³-hybridized carbons (Fsp3) is 1.00. The summed E-state index contributed by atoms with van der Waals surface area (Å²) in [6, 6.07) is 0.773. The Morgan fingerprint density at radius 1 is 1.11 bits per heavy atom. The minimum atomic E-state index is 0.773. The Hall–Kier alpha value is -0.0800. The van der Waals surface area contributed by atoms with E-state index in [1.54, 1.807) is 0 Å². The van der Waals surface area contributed by atoms with Gasteiger partial charge in [0.05, 0.1) is 0 Å². The first-order chi connectivity index (χ1) is 8.81. The van der Waals surface area contributed by atoms with Crippen LogP contribution in [0.2, 0.25) is 0 Å². The van der Waals surface area contributed by atoms with Gasteiger partial charge in [0.25, 0.3) is 0 Å². The standard InChI is InChI=1S/C16H33NO/c1-4-7-14-9-10-16(17-11-5-2)15(13-14)8-6-12-18-3/h14-17H,4-13H2,1-3H3. The first-order valence-electron chi connectivity index (χ1n) is 8.04. The summed E-state index contributed by atoms with van der Waals surface area (Å²) in [6.07, 6.45) is 10.9. The van der Waals surface area contributed by atoms with E-state index in [1.807, 2.05) is 7.11 Å². The van der Waals surface area contributed by atoms with Crippen molar-refractivity contribution in [2.24, 2.45) is 11.8 Å². The van der Waals surface area contributed by atoms with Crippen molar-refractivity contribution in [3.63, 3.8) is 0 Å². The van der Waals surface area contributed by atoms with Crippen molar-refractivity contribution in [1.82, 2.24) is 5.32 Å². The highest BCUT2D eigenvalue weighted by molar-refractivity contribution is 4.84. The molecule has 1 fully saturated rings. The number of methoxy groups -OCH3 is 1. The fourth-order valence-electron chi connectivity index (χ4n) is 3.44. The third-order valence-corrected chi connectivity index (χ3v) is 4.37. The highest BCUT2D eigenvalue weighted by Crippen LogP contribution is 2.34. The Morgan fingerprint density at radius 3 is 2.61 bits per heavy atom. The van der Waals surface area contributed by atoms with Gasteiger partial charge in [0.15, 0.2) is 0 Å². The summed E-state index contributed by atoms with van der Waals surface area (Å²) < 4.78 is 5.20. The molecule has 1 aliphatic carbocycles. The van der Waals surface area contributed by atoms with Gasteiger partial charge in [0.2, 0.25) is 0 Å².